The third-order valence-electron chi connectivity index (χ3n) is 4.26. The molecule has 0 radical (unpaired) electrons. The molecule has 120 valence electrons. The molecule has 2 heterocycles. The number of morpholine rings is 1. The van der Waals surface area contributed by atoms with Gasteiger partial charge < -0.3 is 10.1 Å². The van der Waals surface area contributed by atoms with Crippen LogP contribution in [0.1, 0.15) is 13.3 Å². The highest BCUT2D eigenvalue weighted by atomic mass is 32.2. The van der Waals surface area contributed by atoms with Gasteiger partial charge in [0.2, 0.25) is 15.9 Å². The molecule has 22 heavy (non-hydrogen) atoms. The first-order chi connectivity index (χ1) is 10.5. The van der Waals surface area contributed by atoms with E-state index in [1.54, 1.807) is 6.92 Å². The largest absolute Gasteiger partial charge is 0.371 e. The van der Waals surface area contributed by atoms with Crippen LogP contribution in [0.15, 0.2) is 30.3 Å². The molecule has 1 aromatic rings. The van der Waals surface area contributed by atoms with Gasteiger partial charge in [-0.1, -0.05) is 18.2 Å². The maximum atomic E-state index is 12.4. The van der Waals surface area contributed by atoms with Crippen molar-refractivity contribution in [1.29, 1.82) is 0 Å². The molecule has 2 aliphatic rings. The van der Waals surface area contributed by atoms with Crippen molar-refractivity contribution >= 4 is 21.6 Å². The van der Waals surface area contributed by atoms with E-state index in [9.17, 15) is 13.2 Å². The van der Waals surface area contributed by atoms with Crippen molar-refractivity contribution in [2.75, 3.05) is 24.2 Å². The first-order valence-corrected chi connectivity index (χ1v) is 9.09. The molecular formula is C15H20N2O4S. The molecular weight excluding hydrogens is 304 g/mol. The number of anilines is 1. The topological polar surface area (TPSA) is 75.7 Å². The Balaban J connectivity index is 1.69. The van der Waals surface area contributed by atoms with E-state index < -0.39 is 10.0 Å². The summed E-state index contributed by atoms with van der Waals surface area (Å²) >= 11 is 0. The second-order valence-electron chi connectivity index (χ2n) is 5.71. The maximum absolute atomic E-state index is 12.4. The summed E-state index contributed by atoms with van der Waals surface area (Å²) in [4.78, 5) is 12.4. The Morgan fingerprint density at radius 2 is 2.05 bits per heavy atom. The van der Waals surface area contributed by atoms with Crippen LogP contribution in [0.25, 0.3) is 0 Å². The van der Waals surface area contributed by atoms with Gasteiger partial charge in [0, 0.05) is 18.8 Å². The number of amides is 1. The number of hydrogen-bond acceptors (Lipinski definition) is 4. The Labute approximate surface area is 130 Å². The quantitative estimate of drug-likeness (QED) is 0.899. The van der Waals surface area contributed by atoms with Crippen molar-refractivity contribution in [2.45, 2.75) is 25.6 Å². The zero-order valence-electron chi connectivity index (χ0n) is 12.4. The first kappa shape index (κ1) is 15.5. The lowest BCUT2D eigenvalue weighted by molar-refractivity contribution is -0.122. The summed E-state index contributed by atoms with van der Waals surface area (Å²) in [6.07, 6.45) is 0.0226. The highest BCUT2D eigenvalue weighted by Crippen LogP contribution is 2.33. The van der Waals surface area contributed by atoms with Gasteiger partial charge in [0.15, 0.2) is 0 Å². The van der Waals surface area contributed by atoms with E-state index in [0.717, 1.165) is 5.69 Å². The van der Waals surface area contributed by atoms with Crippen LogP contribution >= 0.6 is 0 Å². The summed E-state index contributed by atoms with van der Waals surface area (Å²) in [6, 6.07) is 9.25. The van der Waals surface area contributed by atoms with Gasteiger partial charge in [0.1, 0.15) is 0 Å². The SMILES string of the molecule is CCS(=O)(=O)N1C[C@@H]2C[C@@H](C(=O)Nc3ccccc3)[C@H](C1)O2. The van der Waals surface area contributed by atoms with Gasteiger partial charge in [-0.2, -0.15) is 4.31 Å². The van der Waals surface area contributed by atoms with E-state index in [1.807, 2.05) is 30.3 Å². The lowest BCUT2D eigenvalue weighted by Gasteiger charge is -2.31. The van der Waals surface area contributed by atoms with Crippen LogP contribution in [0.2, 0.25) is 0 Å². The molecule has 2 fully saturated rings. The average molecular weight is 324 g/mol. The van der Waals surface area contributed by atoms with Crippen LogP contribution in [-0.4, -0.2) is 49.7 Å². The van der Waals surface area contributed by atoms with Gasteiger partial charge in [0.05, 0.1) is 23.9 Å². The number of sulfonamides is 1. The summed E-state index contributed by atoms with van der Waals surface area (Å²) in [5.74, 6) is -0.329. The summed E-state index contributed by atoms with van der Waals surface area (Å²) in [5, 5.41) is 2.88. The molecule has 2 bridgehead atoms. The Kier molecular flexibility index (Phi) is 4.20. The van der Waals surface area contributed by atoms with E-state index >= 15 is 0 Å². The number of ether oxygens (including phenoxy) is 1. The molecule has 6 nitrogen and oxygen atoms in total. The summed E-state index contributed by atoms with van der Waals surface area (Å²) < 4.78 is 31.3. The molecule has 2 saturated heterocycles. The molecule has 1 amide bonds. The number of para-hydroxylation sites is 1. The van der Waals surface area contributed by atoms with E-state index in [-0.39, 0.29) is 36.3 Å². The molecule has 0 unspecified atom stereocenters. The molecule has 1 aromatic carbocycles. The monoisotopic (exact) mass is 324 g/mol. The van der Waals surface area contributed by atoms with Gasteiger partial charge in [-0.3, -0.25) is 4.79 Å². The number of carbonyl (C=O) groups excluding carboxylic acids is 1. The molecule has 3 rings (SSSR count). The van der Waals surface area contributed by atoms with Gasteiger partial charge >= 0.3 is 0 Å². The molecule has 3 atom stereocenters. The van der Waals surface area contributed by atoms with Gasteiger partial charge in [-0.15, -0.1) is 0 Å². The average Bonchev–Trinajstić information content (AvgIpc) is 2.82. The predicted octanol–water partition coefficient (Wildman–Crippen LogP) is 1.06. The minimum atomic E-state index is -3.23. The van der Waals surface area contributed by atoms with Crippen LogP contribution in [0.5, 0.6) is 0 Å². The third-order valence-corrected chi connectivity index (χ3v) is 6.07. The number of rotatable bonds is 4. The molecule has 2 aliphatic heterocycles. The fourth-order valence-electron chi connectivity index (χ4n) is 3.06. The van der Waals surface area contributed by atoms with E-state index in [0.29, 0.717) is 13.0 Å². The zero-order valence-corrected chi connectivity index (χ0v) is 13.3. The van der Waals surface area contributed by atoms with Crippen LogP contribution in [-0.2, 0) is 19.6 Å². The zero-order chi connectivity index (χ0) is 15.7. The van der Waals surface area contributed by atoms with Crippen LogP contribution in [0.4, 0.5) is 5.69 Å². The smallest absolute Gasteiger partial charge is 0.230 e. The summed E-state index contributed by atoms with van der Waals surface area (Å²) in [7, 11) is -3.23. The number of nitrogens with one attached hydrogen (secondary N) is 1. The predicted molar refractivity (Wildman–Crippen MR) is 82.9 cm³/mol. The van der Waals surface area contributed by atoms with Crippen molar-refractivity contribution in [1.82, 2.24) is 4.31 Å². The van der Waals surface area contributed by atoms with Crippen molar-refractivity contribution in [3.8, 4) is 0 Å². The Morgan fingerprint density at radius 1 is 1.32 bits per heavy atom. The lowest BCUT2D eigenvalue weighted by Crippen LogP contribution is -2.47. The number of benzene rings is 1. The third kappa shape index (κ3) is 3.02. The van der Waals surface area contributed by atoms with Crippen LogP contribution < -0.4 is 5.32 Å². The minimum Gasteiger partial charge on any atom is -0.371 e. The fraction of sp³-hybridized carbons (Fsp3) is 0.533. The molecule has 7 heteroatoms. The lowest BCUT2D eigenvalue weighted by atomic mass is 9.99. The molecule has 0 aromatic heterocycles. The number of nitrogens with zero attached hydrogens (tertiary/aromatic N) is 1. The van der Waals surface area contributed by atoms with Crippen molar-refractivity contribution in [3.63, 3.8) is 0 Å². The number of fused-ring (bicyclic) bond motifs is 2. The van der Waals surface area contributed by atoms with Crippen molar-refractivity contribution in [3.05, 3.63) is 30.3 Å². The highest BCUT2D eigenvalue weighted by Gasteiger charge is 2.46. The molecule has 0 aliphatic carbocycles. The van der Waals surface area contributed by atoms with Gasteiger partial charge in [-0.25, -0.2) is 8.42 Å². The Morgan fingerprint density at radius 3 is 2.73 bits per heavy atom. The maximum Gasteiger partial charge on any atom is 0.230 e. The fourth-order valence-corrected chi connectivity index (χ4v) is 4.20. The van der Waals surface area contributed by atoms with Crippen molar-refractivity contribution < 1.29 is 17.9 Å². The van der Waals surface area contributed by atoms with Crippen LogP contribution in [0.3, 0.4) is 0 Å². The standard InChI is InChI=1S/C15H20N2O4S/c1-2-22(19,20)17-9-12-8-13(14(10-17)21-12)15(18)16-11-6-4-3-5-7-11/h3-7,12-14H,2,8-10H2,1H3,(H,16,18)/t12-,13+,14-/m0/s1. The van der Waals surface area contributed by atoms with E-state index in [2.05, 4.69) is 5.32 Å². The summed E-state index contributed by atoms with van der Waals surface area (Å²) in [5.41, 5.74) is 0.743. The van der Waals surface area contributed by atoms with E-state index in [4.69, 9.17) is 4.74 Å². The molecule has 0 saturated carbocycles. The Bertz CT molecular complexity index is 647. The second kappa shape index (κ2) is 5.98. The second-order valence-corrected chi connectivity index (χ2v) is 7.97. The van der Waals surface area contributed by atoms with Gasteiger partial charge in [-0.05, 0) is 25.5 Å². The normalized spacial score (nSPS) is 28.5. The van der Waals surface area contributed by atoms with Crippen LogP contribution in [0, 0.1) is 5.92 Å². The van der Waals surface area contributed by atoms with E-state index in [1.165, 1.54) is 4.31 Å². The molecule has 1 N–H and O–H groups in total. The van der Waals surface area contributed by atoms with Crippen molar-refractivity contribution in [2.24, 2.45) is 5.92 Å². The highest BCUT2D eigenvalue weighted by molar-refractivity contribution is 7.89. The Hall–Kier alpha value is -1.44. The minimum absolute atomic E-state index is 0.0767. The van der Waals surface area contributed by atoms with Gasteiger partial charge in [0.25, 0.3) is 0 Å². The number of hydrogen-bond donors (Lipinski definition) is 1. The number of carbonyl (C=O) groups is 1. The summed E-state index contributed by atoms with van der Waals surface area (Å²) in [6.45, 7) is 2.24. The first-order valence-electron chi connectivity index (χ1n) is 7.49. The molecule has 0 spiro atoms.